The Bertz CT molecular complexity index is 110. The van der Waals surface area contributed by atoms with Crippen LogP contribution in [-0.4, -0.2) is 45.6 Å². The van der Waals surface area contributed by atoms with Crippen LogP contribution in [0, 0.1) is 0 Å². The highest BCUT2D eigenvalue weighted by atomic mass is 32.2. The molecule has 0 bridgehead atoms. The maximum absolute atomic E-state index is 8.80. The molecule has 0 saturated carbocycles. The first-order valence-corrected chi connectivity index (χ1v) is 4.27. The van der Waals surface area contributed by atoms with E-state index in [-0.39, 0.29) is 5.25 Å². The van der Waals surface area contributed by atoms with Gasteiger partial charge in [0.2, 0.25) is 0 Å². The van der Waals surface area contributed by atoms with Crippen LogP contribution in [0.2, 0.25) is 0 Å². The molecular formula is C6H13NO2S. The highest BCUT2D eigenvalue weighted by molar-refractivity contribution is 8.00. The summed E-state index contributed by atoms with van der Waals surface area (Å²) in [5.74, 6) is 0. The molecule has 1 saturated heterocycles. The summed E-state index contributed by atoms with van der Waals surface area (Å²) in [7, 11) is 1.99. The fourth-order valence-electron chi connectivity index (χ4n) is 0.997. The second-order valence-corrected chi connectivity index (χ2v) is 4.19. The summed E-state index contributed by atoms with van der Waals surface area (Å²) >= 11 is 1.61. The average Bonchev–Trinajstić information content (AvgIpc) is 2.13. The number of nitrogens with zero attached hydrogens (tertiary/aromatic N) is 1. The van der Waals surface area contributed by atoms with Gasteiger partial charge in [-0.15, -0.1) is 11.8 Å². The van der Waals surface area contributed by atoms with Crippen molar-refractivity contribution in [2.45, 2.75) is 23.8 Å². The van der Waals surface area contributed by atoms with Gasteiger partial charge < -0.3 is 10.2 Å². The van der Waals surface area contributed by atoms with Gasteiger partial charge in [0.15, 0.2) is 6.29 Å². The standard InChI is InChI=1S/C6H13NO2S/c1-4-7(2)3-5(10-4)6(8)9/h4-6,8-9H,3H2,1-2H3. The van der Waals surface area contributed by atoms with E-state index in [9.17, 15) is 0 Å². The zero-order valence-electron chi connectivity index (χ0n) is 6.19. The Labute approximate surface area is 65.0 Å². The first-order valence-electron chi connectivity index (χ1n) is 3.33. The van der Waals surface area contributed by atoms with Gasteiger partial charge in [-0.25, -0.2) is 0 Å². The van der Waals surface area contributed by atoms with Crippen molar-refractivity contribution in [3.63, 3.8) is 0 Å². The predicted molar refractivity (Wildman–Crippen MR) is 41.7 cm³/mol. The Morgan fingerprint density at radius 3 is 2.40 bits per heavy atom. The van der Waals surface area contributed by atoms with Crippen LogP contribution in [0.25, 0.3) is 0 Å². The highest BCUT2D eigenvalue weighted by Crippen LogP contribution is 2.29. The Balaban J connectivity index is 2.41. The van der Waals surface area contributed by atoms with Gasteiger partial charge in [-0.05, 0) is 14.0 Å². The molecule has 60 valence electrons. The molecule has 0 aromatic carbocycles. The van der Waals surface area contributed by atoms with Gasteiger partial charge >= 0.3 is 0 Å². The molecule has 1 aliphatic rings. The van der Waals surface area contributed by atoms with Crippen molar-refractivity contribution in [2.24, 2.45) is 0 Å². The average molecular weight is 163 g/mol. The molecule has 1 fully saturated rings. The van der Waals surface area contributed by atoms with Crippen molar-refractivity contribution >= 4 is 11.8 Å². The van der Waals surface area contributed by atoms with Gasteiger partial charge in [-0.2, -0.15) is 0 Å². The maximum atomic E-state index is 8.80. The van der Waals surface area contributed by atoms with Crippen molar-refractivity contribution in [1.82, 2.24) is 4.90 Å². The van der Waals surface area contributed by atoms with Gasteiger partial charge in [-0.3, -0.25) is 4.90 Å². The smallest absolute Gasteiger partial charge is 0.164 e. The van der Waals surface area contributed by atoms with Crippen molar-refractivity contribution < 1.29 is 10.2 Å². The number of thioether (sulfide) groups is 1. The zero-order valence-corrected chi connectivity index (χ0v) is 7.01. The lowest BCUT2D eigenvalue weighted by Gasteiger charge is -2.11. The maximum Gasteiger partial charge on any atom is 0.164 e. The Hall–Kier alpha value is 0.230. The zero-order chi connectivity index (χ0) is 7.72. The highest BCUT2D eigenvalue weighted by Gasteiger charge is 2.30. The van der Waals surface area contributed by atoms with Gasteiger partial charge in [0, 0.05) is 6.54 Å². The third-order valence-corrected chi connectivity index (χ3v) is 3.29. The molecule has 0 amide bonds. The molecule has 4 heteroatoms. The lowest BCUT2D eigenvalue weighted by atomic mass is 10.4. The third-order valence-electron chi connectivity index (χ3n) is 1.79. The van der Waals surface area contributed by atoms with Crippen LogP contribution in [0.1, 0.15) is 6.92 Å². The van der Waals surface area contributed by atoms with Crippen molar-refractivity contribution in [3.8, 4) is 0 Å². The molecule has 0 aliphatic carbocycles. The van der Waals surface area contributed by atoms with Crippen molar-refractivity contribution in [1.29, 1.82) is 0 Å². The third kappa shape index (κ3) is 1.63. The van der Waals surface area contributed by atoms with Crippen LogP contribution in [0.5, 0.6) is 0 Å². The molecule has 2 N–H and O–H groups in total. The van der Waals surface area contributed by atoms with Crippen LogP contribution < -0.4 is 0 Å². The summed E-state index contributed by atoms with van der Waals surface area (Å²) in [4.78, 5) is 2.11. The van der Waals surface area contributed by atoms with E-state index in [2.05, 4.69) is 11.8 Å². The fraction of sp³-hybridized carbons (Fsp3) is 1.00. The predicted octanol–water partition coefficient (Wildman–Crippen LogP) is -0.310. The second-order valence-electron chi connectivity index (χ2n) is 2.63. The summed E-state index contributed by atoms with van der Waals surface area (Å²) in [6.07, 6.45) is -1.17. The molecule has 1 aliphatic heterocycles. The summed E-state index contributed by atoms with van der Waals surface area (Å²) in [6.45, 7) is 2.83. The van der Waals surface area contributed by atoms with E-state index in [0.29, 0.717) is 5.37 Å². The number of aliphatic hydroxyl groups is 2. The molecule has 2 atom stereocenters. The summed E-state index contributed by atoms with van der Waals surface area (Å²) in [5, 5.41) is 18.0. The van der Waals surface area contributed by atoms with Crippen LogP contribution in [0.15, 0.2) is 0 Å². The lowest BCUT2D eigenvalue weighted by Crippen LogP contribution is -2.27. The van der Waals surface area contributed by atoms with E-state index in [1.165, 1.54) is 0 Å². The Morgan fingerprint density at radius 1 is 1.60 bits per heavy atom. The normalized spacial score (nSPS) is 35.7. The van der Waals surface area contributed by atoms with Crippen molar-refractivity contribution in [2.75, 3.05) is 13.6 Å². The topological polar surface area (TPSA) is 43.7 Å². The molecule has 10 heavy (non-hydrogen) atoms. The SMILES string of the molecule is CC1SC(C(O)O)CN1C. The molecule has 3 nitrogen and oxygen atoms in total. The molecular weight excluding hydrogens is 150 g/mol. The number of hydrogen-bond donors (Lipinski definition) is 2. The lowest BCUT2D eigenvalue weighted by molar-refractivity contribution is -0.0413. The fourth-order valence-corrected chi connectivity index (χ4v) is 2.26. The van der Waals surface area contributed by atoms with Crippen LogP contribution in [-0.2, 0) is 0 Å². The Kier molecular flexibility index (Phi) is 2.57. The monoisotopic (exact) mass is 163 g/mol. The van der Waals surface area contributed by atoms with Gasteiger partial charge in [0.25, 0.3) is 0 Å². The second kappa shape index (κ2) is 3.09. The van der Waals surface area contributed by atoms with Gasteiger partial charge in [0.1, 0.15) is 0 Å². The number of rotatable bonds is 1. The quantitative estimate of drug-likeness (QED) is 0.520. The molecule has 0 spiro atoms. The largest absolute Gasteiger partial charge is 0.367 e. The van der Waals surface area contributed by atoms with Gasteiger partial charge in [-0.1, -0.05) is 0 Å². The summed E-state index contributed by atoms with van der Waals surface area (Å²) in [6, 6.07) is 0. The van der Waals surface area contributed by atoms with E-state index in [1.54, 1.807) is 11.8 Å². The minimum absolute atomic E-state index is 0.0278. The van der Waals surface area contributed by atoms with Crippen molar-refractivity contribution in [3.05, 3.63) is 0 Å². The first kappa shape index (κ1) is 8.33. The molecule has 0 aromatic heterocycles. The van der Waals surface area contributed by atoms with Crippen LogP contribution >= 0.6 is 11.8 Å². The van der Waals surface area contributed by atoms with E-state index < -0.39 is 6.29 Å². The van der Waals surface area contributed by atoms with E-state index in [0.717, 1.165) is 6.54 Å². The van der Waals surface area contributed by atoms with E-state index in [1.807, 2.05) is 7.05 Å². The molecule has 0 radical (unpaired) electrons. The Morgan fingerprint density at radius 2 is 2.20 bits per heavy atom. The van der Waals surface area contributed by atoms with Gasteiger partial charge in [0.05, 0.1) is 10.6 Å². The molecule has 0 aromatic rings. The minimum atomic E-state index is -1.17. The summed E-state index contributed by atoms with van der Waals surface area (Å²) in [5.41, 5.74) is 0. The van der Waals surface area contributed by atoms with E-state index >= 15 is 0 Å². The number of hydrogen-bond acceptors (Lipinski definition) is 4. The molecule has 1 heterocycles. The summed E-state index contributed by atoms with van der Waals surface area (Å²) < 4.78 is 0. The minimum Gasteiger partial charge on any atom is -0.367 e. The van der Waals surface area contributed by atoms with Crippen LogP contribution in [0.4, 0.5) is 0 Å². The van der Waals surface area contributed by atoms with E-state index in [4.69, 9.17) is 10.2 Å². The first-order chi connectivity index (χ1) is 4.61. The molecule has 2 unspecified atom stereocenters. The van der Waals surface area contributed by atoms with Crippen LogP contribution in [0.3, 0.4) is 0 Å². The number of aliphatic hydroxyl groups excluding tert-OH is 1. The molecule has 1 rings (SSSR count).